The SMILES string of the molecule is CCOC1CC(NC(=O)c2cc(Br)cn2C2CC2)C1(C)C. The maximum atomic E-state index is 12.6. The summed E-state index contributed by atoms with van der Waals surface area (Å²) in [7, 11) is 0. The fourth-order valence-electron chi connectivity index (χ4n) is 3.13. The maximum Gasteiger partial charge on any atom is 0.268 e. The van der Waals surface area contributed by atoms with E-state index in [-0.39, 0.29) is 23.5 Å². The number of halogens is 1. The van der Waals surface area contributed by atoms with Gasteiger partial charge in [0.1, 0.15) is 5.69 Å². The number of carbonyl (C=O) groups excluding carboxylic acids is 1. The molecular formula is C16H23BrN2O2. The van der Waals surface area contributed by atoms with Crippen molar-refractivity contribution in [2.24, 2.45) is 5.41 Å². The van der Waals surface area contributed by atoms with E-state index >= 15 is 0 Å². The normalized spacial score (nSPS) is 27.2. The summed E-state index contributed by atoms with van der Waals surface area (Å²) in [5.41, 5.74) is 0.764. The molecule has 0 radical (unpaired) electrons. The fraction of sp³-hybridized carbons (Fsp3) is 0.688. The monoisotopic (exact) mass is 354 g/mol. The zero-order chi connectivity index (χ0) is 15.2. The number of rotatable bonds is 5. The molecule has 21 heavy (non-hydrogen) atoms. The van der Waals surface area contributed by atoms with Gasteiger partial charge in [-0.3, -0.25) is 4.79 Å². The molecule has 2 saturated carbocycles. The molecule has 1 heterocycles. The van der Waals surface area contributed by atoms with Gasteiger partial charge in [-0.1, -0.05) is 13.8 Å². The minimum Gasteiger partial charge on any atom is -0.378 e. The summed E-state index contributed by atoms with van der Waals surface area (Å²) in [4.78, 5) is 12.6. The number of nitrogens with zero attached hydrogens (tertiary/aromatic N) is 1. The van der Waals surface area contributed by atoms with Gasteiger partial charge in [0.05, 0.1) is 6.10 Å². The summed E-state index contributed by atoms with van der Waals surface area (Å²) in [6.07, 6.45) is 5.50. The van der Waals surface area contributed by atoms with Crippen LogP contribution < -0.4 is 5.32 Å². The molecule has 1 N–H and O–H groups in total. The molecule has 0 aliphatic heterocycles. The Bertz CT molecular complexity index is 548. The summed E-state index contributed by atoms with van der Waals surface area (Å²) in [5.74, 6) is 0.0284. The molecule has 2 atom stereocenters. The molecule has 2 unspecified atom stereocenters. The molecule has 0 bridgehead atoms. The number of aromatic nitrogens is 1. The smallest absolute Gasteiger partial charge is 0.268 e. The fourth-order valence-corrected chi connectivity index (χ4v) is 3.57. The molecule has 1 amide bonds. The summed E-state index contributed by atoms with van der Waals surface area (Å²) in [5, 5.41) is 3.19. The average Bonchev–Trinajstić information content (AvgIpc) is 3.20. The molecule has 5 heteroatoms. The first-order valence-corrected chi connectivity index (χ1v) is 8.52. The predicted molar refractivity (Wildman–Crippen MR) is 85.5 cm³/mol. The van der Waals surface area contributed by atoms with Gasteiger partial charge in [-0.2, -0.15) is 0 Å². The van der Waals surface area contributed by atoms with Gasteiger partial charge in [0.25, 0.3) is 5.91 Å². The average molecular weight is 355 g/mol. The van der Waals surface area contributed by atoms with Crippen LogP contribution in [0.3, 0.4) is 0 Å². The Balaban J connectivity index is 1.68. The Morgan fingerprint density at radius 1 is 1.52 bits per heavy atom. The first-order valence-electron chi connectivity index (χ1n) is 7.73. The van der Waals surface area contributed by atoms with Crippen molar-refractivity contribution in [3.8, 4) is 0 Å². The molecule has 0 aromatic carbocycles. The molecule has 1 aromatic rings. The lowest BCUT2D eigenvalue weighted by Crippen LogP contribution is -2.62. The number of ether oxygens (including phenoxy) is 1. The van der Waals surface area contributed by atoms with Gasteiger partial charge in [-0.15, -0.1) is 0 Å². The van der Waals surface area contributed by atoms with E-state index in [1.54, 1.807) is 0 Å². The molecule has 0 spiro atoms. The van der Waals surface area contributed by atoms with Crippen LogP contribution in [0.4, 0.5) is 0 Å². The van der Waals surface area contributed by atoms with Gasteiger partial charge in [0, 0.05) is 34.8 Å². The van der Waals surface area contributed by atoms with Crippen LogP contribution >= 0.6 is 15.9 Å². The van der Waals surface area contributed by atoms with Gasteiger partial charge in [0.15, 0.2) is 0 Å². The second kappa shape index (κ2) is 5.43. The third-order valence-electron chi connectivity index (χ3n) is 4.84. The van der Waals surface area contributed by atoms with Crippen LogP contribution in [0.25, 0.3) is 0 Å². The zero-order valence-corrected chi connectivity index (χ0v) is 14.4. The van der Waals surface area contributed by atoms with Gasteiger partial charge < -0.3 is 14.6 Å². The third-order valence-corrected chi connectivity index (χ3v) is 5.27. The van der Waals surface area contributed by atoms with E-state index in [1.807, 2.05) is 19.2 Å². The van der Waals surface area contributed by atoms with Crippen molar-refractivity contribution < 1.29 is 9.53 Å². The first-order chi connectivity index (χ1) is 9.93. The highest BCUT2D eigenvalue weighted by atomic mass is 79.9. The lowest BCUT2D eigenvalue weighted by Gasteiger charge is -2.51. The van der Waals surface area contributed by atoms with E-state index in [0.717, 1.165) is 23.2 Å². The van der Waals surface area contributed by atoms with Gasteiger partial charge >= 0.3 is 0 Å². The summed E-state index contributed by atoms with van der Waals surface area (Å²) in [6, 6.07) is 2.60. The maximum absolute atomic E-state index is 12.6. The van der Waals surface area contributed by atoms with E-state index in [0.29, 0.717) is 6.04 Å². The largest absolute Gasteiger partial charge is 0.378 e. The Labute approximate surface area is 134 Å². The zero-order valence-electron chi connectivity index (χ0n) is 12.9. The molecule has 2 fully saturated rings. The molecule has 2 aliphatic carbocycles. The van der Waals surface area contributed by atoms with Crippen molar-refractivity contribution in [2.75, 3.05) is 6.61 Å². The topological polar surface area (TPSA) is 43.3 Å². The summed E-state index contributed by atoms with van der Waals surface area (Å²) < 4.78 is 8.80. The van der Waals surface area contributed by atoms with Crippen LogP contribution in [-0.4, -0.2) is 29.2 Å². The van der Waals surface area contributed by atoms with E-state index in [4.69, 9.17) is 4.74 Å². The Hall–Kier alpha value is -0.810. The predicted octanol–water partition coefficient (Wildman–Crippen LogP) is 3.52. The molecule has 4 nitrogen and oxygen atoms in total. The lowest BCUT2D eigenvalue weighted by molar-refractivity contribution is -0.111. The second-order valence-corrected chi connectivity index (χ2v) is 7.62. The number of hydrogen-bond donors (Lipinski definition) is 1. The van der Waals surface area contributed by atoms with Gasteiger partial charge in [-0.05, 0) is 48.2 Å². The lowest BCUT2D eigenvalue weighted by atomic mass is 9.64. The van der Waals surface area contributed by atoms with Crippen LogP contribution in [-0.2, 0) is 4.74 Å². The summed E-state index contributed by atoms with van der Waals surface area (Å²) >= 11 is 3.48. The highest BCUT2D eigenvalue weighted by molar-refractivity contribution is 9.10. The number of amides is 1. The van der Waals surface area contributed by atoms with Crippen molar-refractivity contribution in [1.29, 1.82) is 0 Å². The molecule has 0 saturated heterocycles. The third kappa shape index (κ3) is 2.78. The van der Waals surface area contributed by atoms with E-state index < -0.39 is 0 Å². The van der Waals surface area contributed by atoms with Crippen LogP contribution in [0.2, 0.25) is 0 Å². The van der Waals surface area contributed by atoms with Crippen molar-refractivity contribution in [3.63, 3.8) is 0 Å². The minimum atomic E-state index is -0.0000935. The van der Waals surface area contributed by atoms with Crippen molar-refractivity contribution in [1.82, 2.24) is 9.88 Å². The Kier molecular flexibility index (Phi) is 3.91. The Morgan fingerprint density at radius 3 is 2.81 bits per heavy atom. The van der Waals surface area contributed by atoms with Crippen LogP contribution in [0.15, 0.2) is 16.7 Å². The number of hydrogen-bond acceptors (Lipinski definition) is 2. The Morgan fingerprint density at radius 2 is 2.24 bits per heavy atom. The molecular weight excluding hydrogens is 332 g/mol. The number of nitrogens with one attached hydrogen (secondary N) is 1. The number of carbonyl (C=O) groups is 1. The van der Waals surface area contributed by atoms with E-state index in [2.05, 4.69) is 39.7 Å². The second-order valence-electron chi connectivity index (χ2n) is 6.71. The quantitative estimate of drug-likeness (QED) is 0.878. The highest BCUT2D eigenvalue weighted by Crippen LogP contribution is 2.43. The van der Waals surface area contributed by atoms with E-state index in [1.165, 1.54) is 12.8 Å². The summed E-state index contributed by atoms with van der Waals surface area (Å²) in [6.45, 7) is 7.07. The molecule has 116 valence electrons. The first kappa shape index (κ1) is 15.1. The molecule has 3 rings (SSSR count). The van der Waals surface area contributed by atoms with Crippen LogP contribution in [0.1, 0.15) is 56.6 Å². The molecule has 1 aromatic heterocycles. The standard InChI is InChI=1S/C16H23BrN2O2/c1-4-21-14-8-13(16(14,2)3)18-15(20)12-7-10(17)9-19(12)11-5-6-11/h7,9,11,13-14H,4-6,8H2,1-3H3,(H,18,20). The van der Waals surface area contributed by atoms with Crippen molar-refractivity contribution in [3.05, 3.63) is 22.4 Å². The van der Waals surface area contributed by atoms with Crippen molar-refractivity contribution >= 4 is 21.8 Å². The molecule has 2 aliphatic rings. The van der Waals surface area contributed by atoms with Gasteiger partial charge in [0.2, 0.25) is 0 Å². The minimum absolute atomic E-state index is 0.0000935. The van der Waals surface area contributed by atoms with Gasteiger partial charge in [-0.25, -0.2) is 0 Å². The van der Waals surface area contributed by atoms with Crippen LogP contribution in [0.5, 0.6) is 0 Å². The highest BCUT2D eigenvalue weighted by Gasteiger charge is 2.49. The van der Waals surface area contributed by atoms with Crippen molar-refractivity contribution in [2.45, 2.75) is 58.2 Å². The van der Waals surface area contributed by atoms with Crippen LogP contribution in [0, 0.1) is 5.41 Å². The van der Waals surface area contributed by atoms with E-state index in [9.17, 15) is 4.79 Å².